The highest BCUT2D eigenvalue weighted by Crippen LogP contribution is 2.19. The van der Waals surface area contributed by atoms with Crippen molar-refractivity contribution in [2.24, 2.45) is 0 Å². The Hall–Kier alpha value is 0.210. The van der Waals surface area contributed by atoms with Crippen molar-refractivity contribution < 1.29 is 0 Å². The standard InChI is InChI=1S/C8H8BrCl2N/c9-7-4-6(2-1-3-10)8(11)12-5-7/h4-5H,1-3H2. The molecule has 1 aromatic heterocycles. The van der Waals surface area contributed by atoms with Gasteiger partial charge in [-0.3, -0.25) is 0 Å². The number of halogens is 3. The van der Waals surface area contributed by atoms with Gasteiger partial charge in [-0.25, -0.2) is 4.98 Å². The van der Waals surface area contributed by atoms with E-state index in [4.69, 9.17) is 23.2 Å². The first kappa shape index (κ1) is 10.3. The van der Waals surface area contributed by atoms with Crippen LogP contribution in [-0.4, -0.2) is 10.9 Å². The lowest BCUT2D eigenvalue weighted by Gasteiger charge is -2.01. The van der Waals surface area contributed by atoms with E-state index in [2.05, 4.69) is 20.9 Å². The van der Waals surface area contributed by atoms with Crippen molar-refractivity contribution in [2.75, 3.05) is 5.88 Å². The van der Waals surface area contributed by atoms with Gasteiger partial charge in [-0.1, -0.05) is 11.6 Å². The molecule has 4 heteroatoms. The van der Waals surface area contributed by atoms with Crippen LogP contribution in [0, 0.1) is 0 Å². The van der Waals surface area contributed by atoms with E-state index in [1.165, 1.54) is 0 Å². The molecule has 0 aliphatic heterocycles. The maximum atomic E-state index is 5.86. The van der Waals surface area contributed by atoms with Gasteiger partial charge in [0.1, 0.15) is 5.15 Å². The van der Waals surface area contributed by atoms with Crippen LogP contribution >= 0.6 is 39.1 Å². The molecule has 0 atom stereocenters. The number of aryl methyl sites for hydroxylation is 1. The van der Waals surface area contributed by atoms with Crippen molar-refractivity contribution in [3.05, 3.63) is 27.5 Å². The van der Waals surface area contributed by atoms with Crippen LogP contribution in [0.15, 0.2) is 16.7 Å². The Morgan fingerprint density at radius 1 is 1.50 bits per heavy atom. The van der Waals surface area contributed by atoms with E-state index in [9.17, 15) is 0 Å². The highest BCUT2D eigenvalue weighted by molar-refractivity contribution is 9.10. The van der Waals surface area contributed by atoms with Crippen LogP contribution in [0.3, 0.4) is 0 Å². The molecule has 0 unspecified atom stereocenters. The molecule has 0 saturated heterocycles. The van der Waals surface area contributed by atoms with E-state index in [1.54, 1.807) is 6.20 Å². The minimum atomic E-state index is 0.573. The zero-order valence-corrected chi connectivity index (χ0v) is 9.45. The summed E-state index contributed by atoms with van der Waals surface area (Å²) in [5, 5.41) is 0.573. The molecule has 0 amide bonds. The van der Waals surface area contributed by atoms with Crippen LogP contribution in [0.4, 0.5) is 0 Å². The Balaban J connectivity index is 2.75. The first-order valence-corrected chi connectivity index (χ1v) is 5.30. The van der Waals surface area contributed by atoms with Crippen molar-refractivity contribution in [3.8, 4) is 0 Å². The second-order valence-corrected chi connectivity index (χ2v) is 4.05. The molecule has 0 aliphatic rings. The molecule has 1 aromatic rings. The fourth-order valence-corrected chi connectivity index (χ4v) is 1.61. The fraction of sp³-hybridized carbons (Fsp3) is 0.375. The van der Waals surface area contributed by atoms with Crippen LogP contribution < -0.4 is 0 Å². The highest BCUT2D eigenvalue weighted by atomic mass is 79.9. The van der Waals surface area contributed by atoms with Gasteiger partial charge in [0.05, 0.1) is 0 Å². The molecule has 0 bridgehead atoms. The molecule has 0 fully saturated rings. The van der Waals surface area contributed by atoms with Gasteiger partial charge in [0.15, 0.2) is 0 Å². The summed E-state index contributed by atoms with van der Waals surface area (Å²) in [5.74, 6) is 0.656. The quantitative estimate of drug-likeness (QED) is 0.602. The van der Waals surface area contributed by atoms with E-state index < -0.39 is 0 Å². The highest BCUT2D eigenvalue weighted by Gasteiger charge is 2.01. The van der Waals surface area contributed by atoms with E-state index in [-0.39, 0.29) is 0 Å². The third-order valence-corrected chi connectivity index (χ3v) is 2.50. The lowest BCUT2D eigenvalue weighted by molar-refractivity contribution is 0.919. The van der Waals surface area contributed by atoms with E-state index in [1.807, 2.05) is 6.07 Å². The average Bonchev–Trinajstić information content (AvgIpc) is 2.07. The Kier molecular flexibility index (Phi) is 4.33. The number of nitrogens with zero attached hydrogens (tertiary/aromatic N) is 1. The minimum absolute atomic E-state index is 0.573. The van der Waals surface area contributed by atoms with E-state index >= 15 is 0 Å². The SMILES string of the molecule is ClCCCc1cc(Br)cnc1Cl. The average molecular weight is 269 g/mol. The Bertz CT molecular complexity index is 265. The summed E-state index contributed by atoms with van der Waals surface area (Å²) in [6.45, 7) is 0. The molecule has 1 rings (SSSR count). The van der Waals surface area contributed by atoms with Crippen LogP contribution in [0.2, 0.25) is 5.15 Å². The third-order valence-electron chi connectivity index (χ3n) is 1.46. The van der Waals surface area contributed by atoms with Crippen LogP contribution in [0.5, 0.6) is 0 Å². The summed E-state index contributed by atoms with van der Waals surface area (Å²) in [7, 11) is 0. The van der Waals surface area contributed by atoms with Gasteiger partial charge in [0.2, 0.25) is 0 Å². The maximum absolute atomic E-state index is 5.86. The maximum Gasteiger partial charge on any atom is 0.132 e. The molecule has 0 N–H and O–H groups in total. The Morgan fingerprint density at radius 2 is 2.25 bits per heavy atom. The molecule has 12 heavy (non-hydrogen) atoms. The van der Waals surface area contributed by atoms with Gasteiger partial charge in [-0.05, 0) is 40.4 Å². The van der Waals surface area contributed by atoms with Crippen LogP contribution in [0.25, 0.3) is 0 Å². The topological polar surface area (TPSA) is 12.9 Å². The van der Waals surface area contributed by atoms with Gasteiger partial charge in [-0.15, -0.1) is 11.6 Å². The number of aromatic nitrogens is 1. The Morgan fingerprint density at radius 3 is 2.92 bits per heavy atom. The van der Waals surface area contributed by atoms with Gasteiger partial charge in [0, 0.05) is 16.5 Å². The molecule has 0 aromatic carbocycles. The fourth-order valence-electron chi connectivity index (χ4n) is 0.897. The number of rotatable bonds is 3. The largest absolute Gasteiger partial charge is 0.243 e. The summed E-state index contributed by atoms with van der Waals surface area (Å²) in [6.07, 6.45) is 3.50. The van der Waals surface area contributed by atoms with Gasteiger partial charge in [0.25, 0.3) is 0 Å². The van der Waals surface area contributed by atoms with E-state index in [0.29, 0.717) is 11.0 Å². The molecular formula is C8H8BrCl2N. The molecule has 0 saturated carbocycles. The summed E-state index contributed by atoms with van der Waals surface area (Å²) >= 11 is 14.8. The Labute approximate surface area is 90.2 Å². The smallest absolute Gasteiger partial charge is 0.132 e. The molecule has 0 spiro atoms. The second-order valence-electron chi connectivity index (χ2n) is 2.40. The zero-order chi connectivity index (χ0) is 8.97. The minimum Gasteiger partial charge on any atom is -0.243 e. The van der Waals surface area contributed by atoms with Crippen LogP contribution in [0.1, 0.15) is 12.0 Å². The number of hydrogen-bond acceptors (Lipinski definition) is 1. The molecular weight excluding hydrogens is 261 g/mol. The van der Waals surface area contributed by atoms with E-state index in [0.717, 1.165) is 22.9 Å². The van der Waals surface area contributed by atoms with Crippen molar-refractivity contribution in [1.82, 2.24) is 4.98 Å². The summed E-state index contributed by atoms with van der Waals surface area (Å²) in [4.78, 5) is 4.01. The summed E-state index contributed by atoms with van der Waals surface area (Å²) in [6, 6.07) is 1.97. The van der Waals surface area contributed by atoms with Crippen LogP contribution in [-0.2, 0) is 6.42 Å². The lowest BCUT2D eigenvalue weighted by Crippen LogP contribution is -1.90. The monoisotopic (exact) mass is 267 g/mol. The van der Waals surface area contributed by atoms with Crippen molar-refractivity contribution >= 4 is 39.1 Å². The third kappa shape index (κ3) is 2.92. The molecule has 0 radical (unpaired) electrons. The first-order valence-electron chi connectivity index (χ1n) is 3.60. The number of hydrogen-bond donors (Lipinski definition) is 0. The van der Waals surface area contributed by atoms with Gasteiger partial charge >= 0.3 is 0 Å². The van der Waals surface area contributed by atoms with Crippen molar-refractivity contribution in [1.29, 1.82) is 0 Å². The van der Waals surface area contributed by atoms with Crippen molar-refractivity contribution in [2.45, 2.75) is 12.8 Å². The number of pyridine rings is 1. The van der Waals surface area contributed by atoms with Gasteiger partial charge in [-0.2, -0.15) is 0 Å². The van der Waals surface area contributed by atoms with Crippen molar-refractivity contribution in [3.63, 3.8) is 0 Å². The molecule has 66 valence electrons. The summed E-state index contributed by atoms with van der Waals surface area (Å²) < 4.78 is 0.955. The molecule has 0 aliphatic carbocycles. The zero-order valence-electron chi connectivity index (χ0n) is 6.36. The second kappa shape index (κ2) is 5.05. The predicted octanol–water partition coefficient (Wildman–Crippen LogP) is 3.67. The normalized spacial score (nSPS) is 10.2. The number of alkyl halides is 1. The summed E-state index contributed by atoms with van der Waals surface area (Å²) in [5.41, 5.74) is 1.05. The predicted molar refractivity (Wildman–Crippen MR) is 56.0 cm³/mol. The van der Waals surface area contributed by atoms with Gasteiger partial charge < -0.3 is 0 Å². The molecule has 1 nitrogen and oxygen atoms in total. The first-order chi connectivity index (χ1) is 5.74. The lowest BCUT2D eigenvalue weighted by atomic mass is 10.2. The molecule has 1 heterocycles.